The molecule has 1 fully saturated rings. The molecule has 4 nitrogen and oxygen atoms in total. The van der Waals surface area contributed by atoms with E-state index in [1.165, 1.54) is 18.2 Å². The highest BCUT2D eigenvalue weighted by Crippen LogP contribution is 2.36. The highest BCUT2D eigenvalue weighted by atomic mass is 19.1. The zero-order valence-electron chi connectivity index (χ0n) is 16.4. The summed E-state index contributed by atoms with van der Waals surface area (Å²) in [6.45, 7) is 9.97. The summed E-state index contributed by atoms with van der Waals surface area (Å²) in [4.78, 5) is 12.3. The third-order valence-corrected chi connectivity index (χ3v) is 5.40. The van der Waals surface area contributed by atoms with Gasteiger partial charge in [0.25, 0.3) is 5.91 Å². The molecule has 0 radical (unpaired) electrons. The Labute approximate surface area is 160 Å². The number of carbonyl (C=O) groups is 1. The minimum absolute atomic E-state index is 0.215. The highest BCUT2D eigenvalue weighted by molar-refractivity contribution is 6.62. The fourth-order valence-electron chi connectivity index (χ4n) is 2.91. The molecule has 6 heteroatoms. The lowest BCUT2D eigenvalue weighted by molar-refractivity contribution is 0.00578. The number of halogens is 1. The predicted molar refractivity (Wildman–Crippen MR) is 104 cm³/mol. The Morgan fingerprint density at radius 3 is 2.19 bits per heavy atom. The van der Waals surface area contributed by atoms with E-state index in [-0.39, 0.29) is 23.2 Å². The van der Waals surface area contributed by atoms with Crippen LogP contribution >= 0.6 is 0 Å². The molecule has 142 valence electrons. The molecule has 27 heavy (non-hydrogen) atoms. The summed E-state index contributed by atoms with van der Waals surface area (Å²) in [6, 6.07) is 13.2. The SMILES string of the molecule is CC(NC(=O)c1cccc(F)c1)c1ccc(B2OC(C)(C)C(C)(C)O2)cc1. The van der Waals surface area contributed by atoms with Gasteiger partial charge in [0.05, 0.1) is 17.2 Å². The molecule has 1 saturated heterocycles. The first kappa shape index (κ1) is 19.6. The lowest BCUT2D eigenvalue weighted by Crippen LogP contribution is -2.41. The van der Waals surface area contributed by atoms with Crippen molar-refractivity contribution in [1.82, 2.24) is 5.32 Å². The van der Waals surface area contributed by atoms with Crippen LogP contribution in [0.5, 0.6) is 0 Å². The van der Waals surface area contributed by atoms with E-state index >= 15 is 0 Å². The number of nitrogens with one attached hydrogen (secondary N) is 1. The van der Waals surface area contributed by atoms with E-state index in [9.17, 15) is 9.18 Å². The summed E-state index contributed by atoms with van der Waals surface area (Å²) >= 11 is 0. The number of hydrogen-bond donors (Lipinski definition) is 1. The Kier molecular flexibility index (Phi) is 5.15. The van der Waals surface area contributed by atoms with E-state index in [2.05, 4.69) is 5.32 Å². The van der Waals surface area contributed by atoms with Crippen LogP contribution in [0, 0.1) is 5.82 Å². The molecule has 1 N–H and O–H groups in total. The first-order valence-electron chi connectivity index (χ1n) is 9.11. The van der Waals surface area contributed by atoms with Crippen molar-refractivity contribution in [3.63, 3.8) is 0 Å². The molecule has 3 rings (SSSR count). The number of hydrogen-bond acceptors (Lipinski definition) is 3. The normalized spacial score (nSPS) is 19.0. The molecule has 0 spiro atoms. The Hall–Kier alpha value is -2.18. The minimum atomic E-state index is -0.429. The van der Waals surface area contributed by atoms with Gasteiger partial charge >= 0.3 is 7.12 Å². The summed E-state index contributed by atoms with van der Waals surface area (Å²) in [5, 5.41) is 2.89. The summed E-state index contributed by atoms with van der Waals surface area (Å²) in [5.41, 5.74) is 1.40. The average Bonchev–Trinajstić information content (AvgIpc) is 2.82. The van der Waals surface area contributed by atoms with Crippen molar-refractivity contribution < 1.29 is 18.5 Å². The average molecular weight is 369 g/mol. The largest absolute Gasteiger partial charge is 0.494 e. The van der Waals surface area contributed by atoms with Crippen LogP contribution in [0.1, 0.15) is 56.6 Å². The van der Waals surface area contributed by atoms with Crippen molar-refractivity contribution in [1.29, 1.82) is 0 Å². The van der Waals surface area contributed by atoms with Gasteiger partial charge in [-0.05, 0) is 63.8 Å². The van der Waals surface area contributed by atoms with Gasteiger partial charge in [-0.3, -0.25) is 4.79 Å². The van der Waals surface area contributed by atoms with E-state index < -0.39 is 12.9 Å². The maximum atomic E-state index is 13.3. The molecule has 1 aliphatic rings. The van der Waals surface area contributed by atoms with Crippen LogP contribution < -0.4 is 10.8 Å². The van der Waals surface area contributed by atoms with Gasteiger partial charge in [-0.1, -0.05) is 30.3 Å². The van der Waals surface area contributed by atoms with Crippen molar-refractivity contribution in [2.24, 2.45) is 0 Å². The van der Waals surface area contributed by atoms with Crippen molar-refractivity contribution in [2.45, 2.75) is 51.9 Å². The highest BCUT2D eigenvalue weighted by Gasteiger charge is 2.51. The summed E-state index contributed by atoms with van der Waals surface area (Å²) < 4.78 is 25.4. The Bertz CT molecular complexity index is 820. The molecule has 2 aromatic carbocycles. The standard InChI is InChI=1S/C21H25BFNO3/c1-14(24-19(25)16-7-6-8-18(23)13-16)15-9-11-17(12-10-15)22-26-20(2,3)21(4,5)27-22/h6-14H,1-5H3,(H,24,25). The lowest BCUT2D eigenvalue weighted by Gasteiger charge is -2.32. The van der Waals surface area contributed by atoms with E-state index in [4.69, 9.17) is 9.31 Å². The molecule has 1 atom stereocenters. The summed E-state index contributed by atoms with van der Waals surface area (Å²) in [6.07, 6.45) is 0. The molecule has 0 aromatic heterocycles. The number of rotatable bonds is 4. The lowest BCUT2D eigenvalue weighted by atomic mass is 9.78. The van der Waals surface area contributed by atoms with Gasteiger partial charge in [0.2, 0.25) is 0 Å². The van der Waals surface area contributed by atoms with Gasteiger partial charge in [-0.25, -0.2) is 4.39 Å². The molecule has 0 aliphatic carbocycles. The molecule has 1 amide bonds. The topological polar surface area (TPSA) is 47.6 Å². The van der Waals surface area contributed by atoms with Gasteiger partial charge in [0.1, 0.15) is 5.82 Å². The van der Waals surface area contributed by atoms with Crippen molar-refractivity contribution >= 4 is 18.5 Å². The van der Waals surface area contributed by atoms with Crippen LogP contribution in [0.25, 0.3) is 0 Å². The van der Waals surface area contributed by atoms with Crippen LogP contribution in [-0.4, -0.2) is 24.2 Å². The Balaban J connectivity index is 1.68. The van der Waals surface area contributed by atoms with Crippen LogP contribution in [-0.2, 0) is 9.31 Å². The molecular formula is C21H25BFNO3. The van der Waals surface area contributed by atoms with Crippen molar-refractivity contribution in [3.8, 4) is 0 Å². The molecule has 0 saturated carbocycles. The number of carbonyl (C=O) groups excluding carboxylic acids is 1. The molecule has 0 bridgehead atoms. The third-order valence-electron chi connectivity index (χ3n) is 5.40. The third kappa shape index (κ3) is 4.07. The predicted octanol–water partition coefficient (Wildman–Crippen LogP) is 3.62. The van der Waals surface area contributed by atoms with Gasteiger partial charge in [0.15, 0.2) is 0 Å². The smallest absolute Gasteiger partial charge is 0.399 e. The van der Waals surface area contributed by atoms with Crippen LogP contribution in [0.2, 0.25) is 0 Å². The second kappa shape index (κ2) is 7.10. The van der Waals surface area contributed by atoms with Gasteiger partial charge < -0.3 is 14.6 Å². The number of benzene rings is 2. The van der Waals surface area contributed by atoms with Crippen LogP contribution in [0.3, 0.4) is 0 Å². The molecular weight excluding hydrogens is 344 g/mol. The van der Waals surface area contributed by atoms with Crippen LogP contribution in [0.15, 0.2) is 48.5 Å². The zero-order valence-corrected chi connectivity index (χ0v) is 16.4. The number of amides is 1. The molecule has 1 aliphatic heterocycles. The van der Waals surface area contributed by atoms with E-state index in [1.807, 2.05) is 58.9 Å². The first-order chi connectivity index (χ1) is 12.6. The first-order valence-corrected chi connectivity index (χ1v) is 9.11. The second-order valence-corrected chi connectivity index (χ2v) is 7.96. The molecule has 1 unspecified atom stereocenters. The second-order valence-electron chi connectivity index (χ2n) is 7.96. The van der Waals surface area contributed by atoms with Gasteiger partial charge in [-0.2, -0.15) is 0 Å². The Morgan fingerprint density at radius 1 is 1.04 bits per heavy atom. The Morgan fingerprint density at radius 2 is 1.63 bits per heavy atom. The van der Waals surface area contributed by atoms with Crippen molar-refractivity contribution in [3.05, 3.63) is 65.5 Å². The van der Waals surface area contributed by atoms with E-state index in [1.54, 1.807) is 6.07 Å². The van der Waals surface area contributed by atoms with Crippen LogP contribution in [0.4, 0.5) is 4.39 Å². The fourth-order valence-corrected chi connectivity index (χ4v) is 2.91. The maximum absolute atomic E-state index is 13.3. The fraction of sp³-hybridized carbons (Fsp3) is 0.381. The van der Waals surface area contributed by atoms with E-state index in [0.717, 1.165) is 11.0 Å². The van der Waals surface area contributed by atoms with E-state index in [0.29, 0.717) is 5.56 Å². The molecule has 1 heterocycles. The van der Waals surface area contributed by atoms with Crippen molar-refractivity contribution in [2.75, 3.05) is 0 Å². The minimum Gasteiger partial charge on any atom is -0.399 e. The summed E-state index contributed by atoms with van der Waals surface area (Å²) in [5.74, 6) is -0.737. The summed E-state index contributed by atoms with van der Waals surface area (Å²) in [7, 11) is -0.416. The van der Waals surface area contributed by atoms with Gasteiger partial charge in [-0.15, -0.1) is 0 Å². The quantitative estimate of drug-likeness (QED) is 0.838. The molecule has 2 aromatic rings. The monoisotopic (exact) mass is 369 g/mol. The van der Waals surface area contributed by atoms with Gasteiger partial charge in [0, 0.05) is 5.56 Å². The maximum Gasteiger partial charge on any atom is 0.494 e. The zero-order chi connectivity index (χ0) is 19.8.